The molecule has 1 aliphatic rings. The Kier molecular flexibility index (Phi) is 7.72. The number of carbonyl (C=O) groups is 1. The molecule has 1 aliphatic heterocycles. The molecule has 0 saturated carbocycles. The molecule has 0 radical (unpaired) electrons. The number of benzene rings is 1. The minimum atomic E-state index is -0.308. The number of nitriles is 1. The summed E-state index contributed by atoms with van der Waals surface area (Å²) in [6.07, 6.45) is 4.00. The lowest BCUT2D eigenvalue weighted by Gasteiger charge is -2.31. The van der Waals surface area contributed by atoms with E-state index in [-0.39, 0.29) is 28.7 Å². The van der Waals surface area contributed by atoms with Crippen LogP contribution < -0.4 is 15.8 Å². The Morgan fingerprint density at radius 3 is 2.79 bits per heavy atom. The fraction of sp³-hybridized carbons (Fsp3) is 0.360. The topological polar surface area (TPSA) is 117 Å². The third kappa shape index (κ3) is 5.71. The molecule has 0 atom stereocenters. The van der Waals surface area contributed by atoms with Crippen LogP contribution in [-0.2, 0) is 6.54 Å². The van der Waals surface area contributed by atoms with Crippen molar-refractivity contribution in [2.75, 3.05) is 32.0 Å². The summed E-state index contributed by atoms with van der Waals surface area (Å²) in [6.45, 7) is 5.57. The summed E-state index contributed by atoms with van der Waals surface area (Å²) in [5.74, 6) is 0.197. The normalized spacial score (nSPS) is 14.5. The van der Waals surface area contributed by atoms with Crippen LogP contribution in [0.4, 0.5) is 5.69 Å². The highest BCUT2D eigenvalue weighted by Gasteiger charge is 2.22. The van der Waals surface area contributed by atoms with E-state index < -0.39 is 0 Å². The predicted octanol–water partition coefficient (Wildman–Crippen LogP) is 3.70. The first-order valence-electron chi connectivity index (χ1n) is 11.4. The van der Waals surface area contributed by atoms with Crippen LogP contribution in [0.1, 0.15) is 40.7 Å². The van der Waals surface area contributed by atoms with E-state index in [0.29, 0.717) is 19.1 Å². The smallest absolute Gasteiger partial charge is 0.270 e. The van der Waals surface area contributed by atoms with Crippen molar-refractivity contribution in [2.24, 2.45) is 5.92 Å². The summed E-state index contributed by atoms with van der Waals surface area (Å²) < 4.78 is 5.38. The summed E-state index contributed by atoms with van der Waals surface area (Å²) in [5.41, 5.74) is 7.59. The number of hydrogen-bond acceptors (Lipinski definition) is 8. The molecule has 2 aromatic heterocycles. The number of likely N-dealkylation sites (tertiary alicyclic amines) is 1. The number of pyridine rings is 1. The van der Waals surface area contributed by atoms with Crippen molar-refractivity contribution in [1.29, 1.82) is 5.26 Å². The lowest BCUT2D eigenvalue weighted by Crippen LogP contribution is -2.38. The molecule has 176 valence electrons. The van der Waals surface area contributed by atoms with Crippen LogP contribution in [0.3, 0.4) is 0 Å². The van der Waals surface area contributed by atoms with E-state index >= 15 is 0 Å². The average Bonchev–Trinajstić information content (AvgIpc) is 3.32. The Labute approximate surface area is 203 Å². The molecule has 1 saturated heterocycles. The van der Waals surface area contributed by atoms with E-state index in [1.165, 1.54) is 10.9 Å². The van der Waals surface area contributed by atoms with E-state index in [1.807, 2.05) is 30.5 Å². The Morgan fingerprint density at radius 1 is 1.32 bits per heavy atom. The zero-order valence-electron chi connectivity index (χ0n) is 19.2. The van der Waals surface area contributed by atoms with Crippen LogP contribution in [0.25, 0.3) is 10.6 Å². The zero-order valence-corrected chi connectivity index (χ0v) is 20.0. The lowest BCUT2D eigenvalue weighted by atomic mass is 9.96. The van der Waals surface area contributed by atoms with Gasteiger partial charge in [-0.15, -0.1) is 11.3 Å². The summed E-state index contributed by atoms with van der Waals surface area (Å²) >= 11 is 1.74. The Hall–Kier alpha value is -3.48. The average molecular weight is 477 g/mol. The first kappa shape index (κ1) is 23.7. The second kappa shape index (κ2) is 11.1. The summed E-state index contributed by atoms with van der Waals surface area (Å²) in [4.78, 5) is 25.1. The van der Waals surface area contributed by atoms with Gasteiger partial charge >= 0.3 is 0 Å². The lowest BCUT2D eigenvalue weighted by molar-refractivity contribution is 0.0929. The number of nitrogens with two attached hydrogens (primary N) is 1. The van der Waals surface area contributed by atoms with Crippen molar-refractivity contribution < 1.29 is 9.53 Å². The molecule has 3 N–H and O–H groups in total. The number of ether oxygens (including phenoxy) is 1. The highest BCUT2D eigenvalue weighted by atomic mass is 32.1. The van der Waals surface area contributed by atoms with E-state index in [2.05, 4.69) is 32.3 Å². The van der Waals surface area contributed by atoms with Crippen LogP contribution in [-0.4, -0.2) is 47.0 Å². The second-order valence-electron chi connectivity index (χ2n) is 8.25. The number of nitrogen functional groups attached to an aromatic ring is 1. The molecule has 0 aliphatic carbocycles. The molecule has 1 fully saturated rings. The first-order chi connectivity index (χ1) is 16.6. The van der Waals surface area contributed by atoms with Gasteiger partial charge in [0.05, 0.1) is 12.3 Å². The number of thiazole rings is 1. The van der Waals surface area contributed by atoms with Gasteiger partial charge in [0.2, 0.25) is 5.88 Å². The van der Waals surface area contributed by atoms with Crippen LogP contribution in [0.15, 0.2) is 42.6 Å². The Morgan fingerprint density at radius 2 is 2.09 bits per heavy atom. The summed E-state index contributed by atoms with van der Waals surface area (Å²) in [7, 11) is 0. The van der Waals surface area contributed by atoms with Gasteiger partial charge in [-0.1, -0.05) is 30.3 Å². The summed E-state index contributed by atoms with van der Waals surface area (Å²) in [6, 6.07) is 13.7. The number of nitrogens with zero attached hydrogens (tertiary/aromatic N) is 4. The molecule has 0 spiro atoms. The molecule has 0 bridgehead atoms. The van der Waals surface area contributed by atoms with Crippen molar-refractivity contribution in [1.82, 2.24) is 20.2 Å². The third-order valence-electron chi connectivity index (χ3n) is 5.85. The molecule has 8 nitrogen and oxygen atoms in total. The molecule has 0 unspecified atom stereocenters. The summed E-state index contributed by atoms with van der Waals surface area (Å²) in [5, 5.41) is 13.3. The number of rotatable bonds is 8. The number of amides is 1. The van der Waals surface area contributed by atoms with Crippen LogP contribution in [0, 0.1) is 17.2 Å². The quantitative estimate of drug-likeness (QED) is 0.509. The standard InChI is InChI=1S/C25H28N6O2S/c1-2-33-24-20(13-26)21(27)12-22(30-24)23(32)28-14-17-8-10-31(11-9-17)16-19-15-29-25(34-19)18-6-4-3-5-7-18/h3-7,12,15,17H,2,8-11,14,16H2,1H3,(H2,27,30)(H,28,32). The number of aromatic nitrogens is 2. The largest absolute Gasteiger partial charge is 0.477 e. The van der Waals surface area contributed by atoms with E-state index in [9.17, 15) is 10.1 Å². The number of carbonyl (C=O) groups excluding carboxylic acids is 1. The van der Waals surface area contributed by atoms with Gasteiger partial charge in [0.25, 0.3) is 5.91 Å². The van der Waals surface area contributed by atoms with Gasteiger partial charge in [-0.05, 0) is 44.8 Å². The minimum absolute atomic E-state index is 0.0990. The third-order valence-corrected chi connectivity index (χ3v) is 6.89. The van der Waals surface area contributed by atoms with Gasteiger partial charge < -0.3 is 15.8 Å². The molecule has 3 aromatic rings. The molecular formula is C25H28N6O2S. The van der Waals surface area contributed by atoms with Gasteiger partial charge in [0, 0.05) is 29.7 Å². The Bertz CT molecular complexity index is 1170. The minimum Gasteiger partial charge on any atom is -0.477 e. The number of nitrogens with one attached hydrogen (secondary N) is 1. The molecule has 34 heavy (non-hydrogen) atoms. The molecular weight excluding hydrogens is 448 g/mol. The van der Waals surface area contributed by atoms with E-state index in [1.54, 1.807) is 18.3 Å². The van der Waals surface area contributed by atoms with Gasteiger partial charge in [0.1, 0.15) is 22.3 Å². The van der Waals surface area contributed by atoms with E-state index in [0.717, 1.165) is 43.0 Å². The predicted molar refractivity (Wildman–Crippen MR) is 132 cm³/mol. The Balaban J connectivity index is 1.26. The maximum atomic E-state index is 12.6. The van der Waals surface area contributed by atoms with Gasteiger partial charge in [-0.25, -0.2) is 9.97 Å². The SMILES string of the molecule is CCOc1nc(C(=O)NCC2CCN(Cc3cnc(-c4ccccc4)s3)CC2)cc(N)c1C#N. The molecule has 4 rings (SSSR count). The van der Waals surface area contributed by atoms with Crippen molar-refractivity contribution in [3.63, 3.8) is 0 Å². The maximum absolute atomic E-state index is 12.6. The number of piperidine rings is 1. The van der Waals surface area contributed by atoms with Gasteiger partial charge in [0.15, 0.2) is 0 Å². The zero-order chi connectivity index (χ0) is 23.9. The highest BCUT2D eigenvalue weighted by Crippen LogP contribution is 2.27. The maximum Gasteiger partial charge on any atom is 0.270 e. The molecule has 1 amide bonds. The van der Waals surface area contributed by atoms with Crippen molar-refractivity contribution in [3.05, 3.63) is 58.7 Å². The molecule has 1 aromatic carbocycles. The number of anilines is 1. The van der Waals surface area contributed by atoms with E-state index in [4.69, 9.17) is 10.5 Å². The van der Waals surface area contributed by atoms with Crippen molar-refractivity contribution in [3.8, 4) is 22.5 Å². The number of hydrogen-bond donors (Lipinski definition) is 2. The fourth-order valence-electron chi connectivity index (χ4n) is 4.00. The first-order valence-corrected chi connectivity index (χ1v) is 12.2. The van der Waals surface area contributed by atoms with Crippen LogP contribution >= 0.6 is 11.3 Å². The van der Waals surface area contributed by atoms with Crippen LogP contribution in [0.5, 0.6) is 5.88 Å². The van der Waals surface area contributed by atoms with Gasteiger partial charge in [-0.2, -0.15) is 5.26 Å². The fourth-order valence-corrected chi connectivity index (χ4v) is 4.96. The highest BCUT2D eigenvalue weighted by molar-refractivity contribution is 7.15. The van der Waals surface area contributed by atoms with Gasteiger partial charge in [-0.3, -0.25) is 9.69 Å². The molecule has 3 heterocycles. The second-order valence-corrected chi connectivity index (χ2v) is 9.36. The van der Waals surface area contributed by atoms with Crippen molar-refractivity contribution in [2.45, 2.75) is 26.3 Å². The molecule has 9 heteroatoms. The monoisotopic (exact) mass is 476 g/mol. The van der Waals surface area contributed by atoms with Crippen molar-refractivity contribution >= 4 is 22.9 Å². The van der Waals surface area contributed by atoms with Crippen LogP contribution in [0.2, 0.25) is 0 Å².